The molecule has 2 amide bonds. The van der Waals surface area contributed by atoms with Crippen molar-refractivity contribution in [1.29, 1.82) is 0 Å². The average molecular weight is 518 g/mol. The molecule has 1 N–H and O–H groups in total. The fraction of sp³-hybridized carbons (Fsp3) is 0.462. The summed E-state index contributed by atoms with van der Waals surface area (Å²) >= 11 is 0. The lowest BCUT2D eigenvalue weighted by atomic mass is 10.1. The standard InChI is InChI=1S/C26H35N3O6S/c1-19(26(31)27-21-11-5-6-12-21)28(17-20-10-9-13-22(16-20)34-2)25(30)18-29(36(4,32)33)23-14-7-8-15-24(23)35-3/h7-10,13-16,19,21H,5-6,11-12,17-18H2,1-4H3,(H,27,31). The van der Waals surface area contributed by atoms with Crippen LogP contribution in [0.5, 0.6) is 11.5 Å². The van der Waals surface area contributed by atoms with Crippen LogP contribution in [-0.4, -0.2) is 64.2 Å². The summed E-state index contributed by atoms with van der Waals surface area (Å²) in [7, 11) is -0.853. The van der Waals surface area contributed by atoms with Crippen molar-refractivity contribution in [1.82, 2.24) is 10.2 Å². The van der Waals surface area contributed by atoms with Crippen LogP contribution in [0, 0.1) is 0 Å². The number of nitrogens with one attached hydrogen (secondary N) is 1. The number of benzene rings is 2. The minimum atomic E-state index is -3.84. The smallest absolute Gasteiger partial charge is 0.244 e. The highest BCUT2D eigenvalue weighted by Crippen LogP contribution is 2.30. The first-order valence-corrected chi connectivity index (χ1v) is 13.8. The minimum Gasteiger partial charge on any atom is -0.497 e. The Morgan fingerprint density at radius 2 is 1.75 bits per heavy atom. The Labute approximate surface area is 213 Å². The molecule has 36 heavy (non-hydrogen) atoms. The number of hydrogen-bond acceptors (Lipinski definition) is 6. The molecule has 3 rings (SSSR count). The van der Waals surface area contributed by atoms with E-state index in [1.807, 2.05) is 6.07 Å². The van der Waals surface area contributed by atoms with Gasteiger partial charge in [-0.25, -0.2) is 8.42 Å². The molecule has 1 aliphatic rings. The zero-order chi connectivity index (χ0) is 26.3. The number of nitrogens with zero attached hydrogens (tertiary/aromatic N) is 2. The van der Waals surface area contributed by atoms with Crippen LogP contribution in [0.1, 0.15) is 38.2 Å². The predicted molar refractivity (Wildman–Crippen MR) is 139 cm³/mol. The summed E-state index contributed by atoms with van der Waals surface area (Å²) in [5.74, 6) is 0.168. The van der Waals surface area contributed by atoms with E-state index in [4.69, 9.17) is 9.47 Å². The third-order valence-electron chi connectivity index (χ3n) is 6.39. The van der Waals surface area contributed by atoms with Crippen molar-refractivity contribution < 1.29 is 27.5 Å². The molecule has 0 bridgehead atoms. The molecular weight excluding hydrogens is 482 g/mol. The summed E-state index contributed by atoms with van der Waals surface area (Å²) in [4.78, 5) is 28.2. The van der Waals surface area contributed by atoms with E-state index in [9.17, 15) is 18.0 Å². The highest BCUT2D eigenvalue weighted by atomic mass is 32.2. The third-order valence-corrected chi connectivity index (χ3v) is 7.52. The Morgan fingerprint density at radius 1 is 1.06 bits per heavy atom. The summed E-state index contributed by atoms with van der Waals surface area (Å²) in [6.45, 7) is 1.29. The van der Waals surface area contributed by atoms with E-state index in [-0.39, 0.29) is 24.2 Å². The maximum Gasteiger partial charge on any atom is 0.244 e. The highest BCUT2D eigenvalue weighted by Gasteiger charge is 2.32. The molecule has 1 atom stereocenters. The molecule has 0 radical (unpaired) electrons. The van der Waals surface area contributed by atoms with Gasteiger partial charge in [-0.15, -0.1) is 0 Å². The van der Waals surface area contributed by atoms with Gasteiger partial charge >= 0.3 is 0 Å². The van der Waals surface area contributed by atoms with E-state index < -0.39 is 28.5 Å². The van der Waals surface area contributed by atoms with E-state index in [2.05, 4.69) is 5.32 Å². The average Bonchev–Trinajstić information content (AvgIpc) is 3.37. The van der Waals surface area contributed by atoms with Gasteiger partial charge in [0.25, 0.3) is 0 Å². The number of carbonyl (C=O) groups excluding carboxylic acids is 2. The van der Waals surface area contributed by atoms with Crippen LogP contribution < -0.4 is 19.1 Å². The summed E-state index contributed by atoms with van der Waals surface area (Å²) in [5.41, 5.74) is 1.01. The van der Waals surface area contributed by atoms with Gasteiger partial charge in [0.05, 0.1) is 26.2 Å². The minimum absolute atomic E-state index is 0.0924. The number of amides is 2. The molecule has 9 nitrogen and oxygen atoms in total. The van der Waals surface area contributed by atoms with Crippen molar-refractivity contribution in [2.45, 2.75) is 51.2 Å². The maximum absolute atomic E-state index is 13.7. The molecule has 0 aliphatic heterocycles. The van der Waals surface area contributed by atoms with Crippen molar-refractivity contribution in [2.75, 3.05) is 31.3 Å². The molecule has 196 valence electrons. The van der Waals surface area contributed by atoms with E-state index in [0.29, 0.717) is 11.5 Å². The fourth-order valence-corrected chi connectivity index (χ4v) is 5.23. The fourth-order valence-electron chi connectivity index (χ4n) is 4.37. The molecule has 1 saturated carbocycles. The first-order valence-electron chi connectivity index (χ1n) is 12.0. The highest BCUT2D eigenvalue weighted by molar-refractivity contribution is 7.92. The normalized spacial score (nSPS) is 14.7. The number of hydrogen-bond donors (Lipinski definition) is 1. The van der Waals surface area contributed by atoms with Crippen LogP contribution in [0.2, 0.25) is 0 Å². The van der Waals surface area contributed by atoms with Gasteiger partial charge in [-0.05, 0) is 49.6 Å². The van der Waals surface area contributed by atoms with Gasteiger partial charge in [-0.1, -0.05) is 37.1 Å². The number of para-hydroxylation sites is 2. The van der Waals surface area contributed by atoms with Crippen LogP contribution >= 0.6 is 0 Å². The van der Waals surface area contributed by atoms with Crippen LogP contribution in [0.15, 0.2) is 48.5 Å². The Morgan fingerprint density at radius 3 is 2.39 bits per heavy atom. The molecule has 1 unspecified atom stereocenters. The molecule has 2 aromatic carbocycles. The Bertz CT molecular complexity index is 1160. The van der Waals surface area contributed by atoms with Crippen molar-refractivity contribution in [3.63, 3.8) is 0 Å². The van der Waals surface area contributed by atoms with Crippen LogP contribution in [0.3, 0.4) is 0 Å². The molecule has 1 fully saturated rings. The number of rotatable bonds is 11. The quantitative estimate of drug-likeness (QED) is 0.491. The number of methoxy groups -OCH3 is 2. The van der Waals surface area contributed by atoms with Gasteiger partial charge in [0.2, 0.25) is 21.8 Å². The first kappa shape index (κ1) is 27.3. The number of carbonyl (C=O) groups is 2. The van der Waals surface area contributed by atoms with Crippen LogP contribution in [0.4, 0.5) is 5.69 Å². The number of sulfonamides is 1. The van der Waals surface area contributed by atoms with E-state index >= 15 is 0 Å². The molecule has 10 heteroatoms. The second kappa shape index (κ2) is 12.1. The predicted octanol–water partition coefficient (Wildman–Crippen LogP) is 2.95. The van der Waals surface area contributed by atoms with E-state index in [1.165, 1.54) is 12.0 Å². The molecule has 1 aliphatic carbocycles. The van der Waals surface area contributed by atoms with Crippen molar-refractivity contribution in [3.8, 4) is 11.5 Å². The monoisotopic (exact) mass is 517 g/mol. The van der Waals surface area contributed by atoms with Crippen molar-refractivity contribution >= 4 is 27.5 Å². The van der Waals surface area contributed by atoms with Crippen LogP contribution in [0.25, 0.3) is 0 Å². The summed E-state index contributed by atoms with van der Waals surface area (Å²) in [5, 5.41) is 3.05. The summed E-state index contributed by atoms with van der Waals surface area (Å²) in [6, 6.07) is 13.1. The molecule has 0 aromatic heterocycles. The topological polar surface area (TPSA) is 105 Å². The number of anilines is 1. The van der Waals surface area contributed by atoms with E-state index in [1.54, 1.807) is 56.5 Å². The first-order chi connectivity index (χ1) is 17.1. The molecule has 0 heterocycles. The maximum atomic E-state index is 13.7. The van der Waals surface area contributed by atoms with E-state index in [0.717, 1.165) is 41.8 Å². The lowest BCUT2D eigenvalue weighted by Gasteiger charge is -2.32. The van der Waals surface area contributed by atoms with Gasteiger partial charge in [-0.2, -0.15) is 0 Å². The van der Waals surface area contributed by atoms with Gasteiger partial charge in [-0.3, -0.25) is 13.9 Å². The molecule has 0 saturated heterocycles. The largest absolute Gasteiger partial charge is 0.497 e. The number of ether oxygens (including phenoxy) is 2. The summed E-state index contributed by atoms with van der Waals surface area (Å²) in [6.07, 6.45) is 4.99. The van der Waals surface area contributed by atoms with Crippen molar-refractivity contribution in [3.05, 3.63) is 54.1 Å². The second-order valence-corrected chi connectivity index (χ2v) is 10.9. The van der Waals surface area contributed by atoms with Gasteiger partial charge < -0.3 is 19.7 Å². The lowest BCUT2D eigenvalue weighted by Crippen LogP contribution is -2.52. The lowest BCUT2D eigenvalue weighted by molar-refractivity contribution is -0.139. The zero-order valence-electron chi connectivity index (χ0n) is 21.3. The SMILES string of the molecule is COc1cccc(CN(C(=O)CN(c2ccccc2OC)S(C)(=O)=O)C(C)C(=O)NC2CCCC2)c1. The van der Waals surface area contributed by atoms with Crippen LogP contribution in [-0.2, 0) is 26.2 Å². The second-order valence-electron chi connectivity index (χ2n) is 8.98. The Balaban J connectivity index is 1.91. The van der Waals surface area contributed by atoms with Gasteiger partial charge in [0, 0.05) is 12.6 Å². The Kier molecular flexibility index (Phi) is 9.19. The molecule has 2 aromatic rings. The Hall–Kier alpha value is -3.27. The van der Waals surface area contributed by atoms with Gasteiger partial charge in [0.1, 0.15) is 24.1 Å². The summed E-state index contributed by atoms with van der Waals surface area (Å²) < 4.78 is 37.1. The zero-order valence-corrected chi connectivity index (χ0v) is 22.1. The third kappa shape index (κ3) is 6.90. The molecular formula is C26H35N3O6S. The van der Waals surface area contributed by atoms with Gasteiger partial charge in [0.15, 0.2) is 0 Å². The molecule has 0 spiro atoms. The van der Waals surface area contributed by atoms with Crippen molar-refractivity contribution in [2.24, 2.45) is 0 Å².